The van der Waals surface area contributed by atoms with Gasteiger partial charge < -0.3 is 4.74 Å². The maximum Gasteiger partial charge on any atom is 0.338 e. The molecule has 0 radical (unpaired) electrons. The monoisotopic (exact) mass is 304 g/mol. The molecule has 0 fully saturated rings. The number of carbonyl (C=O) groups is 1. The number of ether oxygens (including phenoxy) is 1. The Morgan fingerprint density at radius 2 is 1.62 bits per heavy atom. The molecule has 1 unspecified atom stereocenters. The lowest BCUT2D eigenvalue weighted by Crippen LogP contribution is -2.11. The molecule has 1 aromatic heterocycles. The normalized spacial score (nSPS) is 13.7. The molecule has 0 saturated carbocycles. The number of rotatable bonds is 4. The fourth-order valence-corrected chi connectivity index (χ4v) is 3.03. The Hall–Kier alpha value is -2.21. The lowest BCUT2D eigenvalue weighted by molar-refractivity contribution is 0.0378. The smallest absolute Gasteiger partial charge is 0.338 e. The van der Waals surface area contributed by atoms with Gasteiger partial charge in [0, 0.05) is 12.4 Å². The predicted molar refractivity (Wildman–Crippen MR) is 78.6 cm³/mol. The van der Waals surface area contributed by atoms with Crippen LogP contribution in [0.2, 0.25) is 0 Å². The summed E-state index contributed by atoms with van der Waals surface area (Å²) in [5, 5.41) is 0. The third-order valence-electron chi connectivity index (χ3n) is 2.75. The van der Waals surface area contributed by atoms with Crippen LogP contribution in [-0.4, -0.2) is 21.3 Å². The van der Waals surface area contributed by atoms with Gasteiger partial charge in [0.15, 0.2) is 0 Å². The van der Waals surface area contributed by atoms with Crippen molar-refractivity contribution in [2.24, 2.45) is 0 Å². The molecule has 0 amide bonds. The average Bonchev–Trinajstić information content (AvgIpc) is 2.47. The summed E-state index contributed by atoms with van der Waals surface area (Å²) in [5.41, 5.74) is 0.373. The van der Waals surface area contributed by atoms with Gasteiger partial charge in [-0.3, -0.25) is 4.98 Å². The molecule has 0 spiro atoms. The van der Waals surface area contributed by atoms with Crippen LogP contribution in [0.4, 0.5) is 0 Å². The molecule has 0 aliphatic heterocycles. The van der Waals surface area contributed by atoms with Crippen LogP contribution in [0.3, 0.4) is 0 Å². The molecule has 110 valence electrons. The summed E-state index contributed by atoms with van der Waals surface area (Å²) in [5.74, 6) is -0.433. The molecule has 0 bridgehead atoms. The second-order valence-electron chi connectivity index (χ2n) is 4.72. The maximum absolute atomic E-state index is 12.6. The van der Waals surface area contributed by atoms with Gasteiger partial charge in [0.25, 0.3) is 0 Å². The summed E-state index contributed by atoms with van der Waals surface area (Å²) in [6.07, 6.45) is 2.80. The van der Waals surface area contributed by atoms with Crippen molar-refractivity contribution >= 4 is 15.7 Å². The second kappa shape index (κ2) is 6.05. The highest BCUT2D eigenvalue weighted by atomic mass is 32.2. The Labute approximate surface area is 124 Å². The van der Waals surface area contributed by atoms with Crippen molar-refractivity contribution in [1.29, 1.82) is 4.78 Å². The van der Waals surface area contributed by atoms with Gasteiger partial charge in [-0.1, -0.05) is 0 Å². The largest absolute Gasteiger partial charge is 0.459 e. The molecule has 1 heterocycles. The fourth-order valence-electron chi connectivity index (χ4n) is 1.73. The number of nitrogens with zero attached hydrogens (tertiary/aromatic N) is 1. The topological polar surface area (TPSA) is 80.1 Å². The van der Waals surface area contributed by atoms with Gasteiger partial charge in [0.2, 0.25) is 0 Å². The Balaban J connectivity index is 2.29. The van der Waals surface area contributed by atoms with Crippen LogP contribution < -0.4 is 0 Å². The molecular weight excluding hydrogens is 288 g/mol. The van der Waals surface area contributed by atoms with Crippen LogP contribution in [0.25, 0.3) is 0 Å². The number of hydrogen-bond donors (Lipinski definition) is 1. The van der Waals surface area contributed by atoms with Gasteiger partial charge in [0.05, 0.1) is 21.5 Å². The molecule has 1 aromatic carbocycles. The van der Waals surface area contributed by atoms with Crippen molar-refractivity contribution in [3.8, 4) is 0 Å². The Kier molecular flexibility index (Phi) is 4.37. The van der Waals surface area contributed by atoms with Crippen molar-refractivity contribution in [1.82, 2.24) is 4.98 Å². The number of benzene rings is 1. The molecule has 1 N–H and O–H groups in total. The van der Waals surface area contributed by atoms with E-state index in [4.69, 9.17) is 9.52 Å². The standard InChI is InChI=1S/C15H16N2O3S/c1-11(2)20-15(18)12-3-5-13(6-4-12)21(16,19)14-7-9-17-10-8-14/h3-11,16H,1-2H3. The van der Waals surface area contributed by atoms with Gasteiger partial charge in [-0.25, -0.2) is 13.8 Å². The number of carbonyl (C=O) groups excluding carboxylic acids is 1. The Morgan fingerprint density at radius 1 is 1.10 bits per heavy atom. The highest BCUT2D eigenvalue weighted by Crippen LogP contribution is 2.21. The van der Waals surface area contributed by atoms with Gasteiger partial charge in [0.1, 0.15) is 9.73 Å². The Morgan fingerprint density at radius 3 is 2.14 bits per heavy atom. The summed E-state index contributed by atoms with van der Waals surface area (Å²) in [6, 6.07) is 9.19. The molecule has 21 heavy (non-hydrogen) atoms. The van der Waals surface area contributed by atoms with Crippen LogP contribution in [0.5, 0.6) is 0 Å². The van der Waals surface area contributed by atoms with E-state index in [0.29, 0.717) is 15.4 Å². The van der Waals surface area contributed by atoms with Crippen molar-refractivity contribution in [2.45, 2.75) is 29.7 Å². The first-order valence-electron chi connectivity index (χ1n) is 6.41. The molecule has 0 saturated heterocycles. The zero-order chi connectivity index (χ0) is 15.5. The quantitative estimate of drug-likeness (QED) is 0.880. The van der Waals surface area contributed by atoms with Gasteiger partial charge in [-0.2, -0.15) is 0 Å². The summed E-state index contributed by atoms with van der Waals surface area (Å²) >= 11 is 0. The van der Waals surface area contributed by atoms with Crippen molar-refractivity contribution in [3.63, 3.8) is 0 Å². The number of pyridine rings is 1. The Bertz CT molecular complexity index is 723. The van der Waals surface area contributed by atoms with Crippen LogP contribution in [0, 0.1) is 4.78 Å². The van der Waals surface area contributed by atoms with E-state index >= 15 is 0 Å². The number of hydrogen-bond acceptors (Lipinski definition) is 5. The van der Waals surface area contributed by atoms with E-state index < -0.39 is 15.7 Å². The highest BCUT2D eigenvalue weighted by Gasteiger charge is 2.15. The summed E-state index contributed by atoms with van der Waals surface area (Å²) in [6.45, 7) is 3.54. The molecule has 0 aliphatic carbocycles. The summed E-state index contributed by atoms with van der Waals surface area (Å²) in [4.78, 5) is 16.3. The maximum atomic E-state index is 12.6. The lowest BCUT2D eigenvalue weighted by Gasteiger charge is -2.10. The van der Waals surface area contributed by atoms with Crippen LogP contribution in [0.1, 0.15) is 24.2 Å². The van der Waals surface area contributed by atoms with Crippen molar-refractivity contribution < 1.29 is 13.7 Å². The fraction of sp³-hybridized carbons (Fsp3) is 0.200. The van der Waals surface area contributed by atoms with E-state index in [2.05, 4.69) is 4.98 Å². The highest BCUT2D eigenvalue weighted by molar-refractivity contribution is 7.92. The lowest BCUT2D eigenvalue weighted by atomic mass is 10.2. The van der Waals surface area contributed by atoms with Crippen molar-refractivity contribution in [2.75, 3.05) is 0 Å². The molecule has 6 heteroatoms. The van der Waals surface area contributed by atoms with E-state index in [0.717, 1.165) is 0 Å². The van der Waals surface area contributed by atoms with E-state index in [9.17, 15) is 9.00 Å². The zero-order valence-corrected chi connectivity index (χ0v) is 12.6. The number of aromatic nitrogens is 1. The first-order valence-corrected chi connectivity index (χ1v) is 7.97. The third kappa shape index (κ3) is 3.46. The zero-order valence-electron chi connectivity index (χ0n) is 11.8. The minimum absolute atomic E-state index is 0.200. The van der Waals surface area contributed by atoms with Crippen LogP contribution >= 0.6 is 0 Å². The van der Waals surface area contributed by atoms with Crippen LogP contribution in [-0.2, 0) is 14.5 Å². The van der Waals surface area contributed by atoms with E-state index in [1.807, 2.05) is 0 Å². The first-order chi connectivity index (χ1) is 9.91. The number of esters is 1. The molecule has 0 aliphatic rings. The van der Waals surface area contributed by atoms with E-state index in [1.54, 1.807) is 26.0 Å². The average molecular weight is 304 g/mol. The minimum Gasteiger partial charge on any atom is -0.459 e. The van der Waals surface area contributed by atoms with Crippen LogP contribution in [0.15, 0.2) is 58.6 Å². The van der Waals surface area contributed by atoms with E-state index in [-0.39, 0.29) is 6.10 Å². The van der Waals surface area contributed by atoms with Gasteiger partial charge in [-0.15, -0.1) is 0 Å². The third-order valence-corrected chi connectivity index (χ3v) is 4.62. The molecule has 5 nitrogen and oxygen atoms in total. The summed E-state index contributed by atoms with van der Waals surface area (Å²) in [7, 11) is -3.10. The molecule has 2 rings (SSSR count). The predicted octanol–water partition coefficient (Wildman–Crippen LogP) is 3.11. The molecule has 2 aromatic rings. The number of nitrogens with one attached hydrogen (secondary N) is 1. The molecular formula is C15H16N2O3S. The minimum atomic E-state index is -3.10. The van der Waals surface area contributed by atoms with Crippen molar-refractivity contribution in [3.05, 3.63) is 54.4 Å². The molecule has 1 atom stereocenters. The SMILES string of the molecule is CC(C)OC(=O)c1ccc(S(=N)(=O)c2ccncc2)cc1. The van der Waals surface area contributed by atoms with Gasteiger partial charge >= 0.3 is 5.97 Å². The van der Waals surface area contributed by atoms with E-state index in [1.165, 1.54) is 36.7 Å². The first kappa shape index (κ1) is 15.2. The summed E-state index contributed by atoms with van der Waals surface area (Å²) < 4.78 is 25.7. The second-order valence-corrected chi connectivity index (χ2v) is 6.77. The van der Waals surface area contributed by atoms with Gasteiger partial charge in [-0.05, 0) is 50.2 Å².